The van der Waals surface area contributed by atoms with E-state index in [9.17, 15) is 9.59 Å². The first-order valence-electron chi connectivity index (χ1n) is 10.5. The van der Waals surface area contributed by atoms with Crippen LogP contribution in [0.5, 0.6) is 17.2 Å². The van der Waals surface area contributed by atoms with Crippen molar-refractivity contribution in [2.24, 2.45) is 5.92 Å². The number of aromatic nitrogens is 1. The maximum atomic E-state index is 13.1. The number of amides is 2. The number of hydrogen-bond donors (Lipinski definition) is 2. The Balaban J connectivity index is 1.47. The number of H-pyrrole nitrogens is 1. The van der Waals surface area contributed by atoms with Crippen LogP contribution in [0.4, 0.5) is 5.69 Å². The fraction of sp³-hybridized carbons (Fsp3) is 0.333. The first-order valence-corrected chi connectivity index (χ1v) is 10.5. The van der Waals surface area contributed by atoms with E-state index in [2.05, 4.69) is 10.3 Å². The van der Waals surface area contributed by atoms with Crippen LogP contribution in [0.15, 0.2) is 42.6 Å². The smallest absolute Gasteiger partial charge is 0.253 e. The molecule has 0 spiro atoms. The van der Waals surface area contributed by atoms with Crippen LogP contribution < -0.4 is 19.5 Å². The Bertz CT molecular complexity index is 1110. The number of nitrogens with zero attached hydrogens (tertiary/aromatic N) is 1. The molecule has 2 N–H and O–H groups in total. The Hall–Kier alpha value is -3.68. The van der Waals surface area contributed by atoms with Gasteiger partial charge in [-0.15, -0.1) is 0 Å². The number of fused-ring (bicyclic) bond motifs is 1. The Morgan fingerprint density at radius 3 is 2.47 bits per heavy atom. The highest BCUT2D eigenvalue weighted by molar-refractivity contribution is 5.99. The summed E-state index contributed by atoms with van der Waals surface area (Å²) in [5.74, 6) is 0.881. The molecule has 0 unspecified atom stereocenters. The molecule has 1 fully saturated rings. The first-order chi connectivity index (χ1) is 15.5. The summed E-state index contributed by atoms with van der Waals surface area (Å²) in [6, 6.07) is 10.9. The van der Waals surface area contributed by atoms with Crippen molar-refractivity contribution in [3.05, 3.63) is 48.2 Å². The van der Waals surface area contributed by atoms with Gasteiger partial charge in [-0.2, -0.15) is 0 Å². The van der Waals surface area contributed by atoms with Gasteiger partial charge in [0.25, 0.3) is 5.91 Å². The predicted octanol–water partition coefficient (Wildman–Crippen LogP) is 3.68. The molecule has 1 saturated heterocycles. The van der Waals surface area contributed by atoms with Gasteiger partial charge in [-0.05, 0) is 37.1 Å². The van der Waals surface area contributed by atoms with Gasteiger partial charge in [-0.3, -0.25) is 9.59 Å². The summed E-state index contributed by atoms with van der Waals surface area (Å²) >= 11 is 0. The molecule has 4 rings (SSSR count). The molecular formula is C24H27N3O5. The molecule has 0 radical (unpaired) electrons. The van der Waals surface area contributed by atoms with E-state index in [-0.39, 0.29) is 17.7 Å². The second-order valence-corrected chi connectivity index (χ2v) is 7.77. The molecule has 8 heteroatoms. The second kappa shape index (κ2) is 9.21. The third-order valence-corrected chi connectivity index (χ3v) is 5.81. The summed E-state index contributed by atoms with van der Waals surface area (Å²) in [6.45, 7) is 1.01. The number of hydrogen-bond acceptors (Lipinski definition) is 5. The normalized spacial score (nSPS) is 16.0. The van der Waals surface area contributed by atoms with Crippen molar-refractivity contribution in [2.45, 2.75) is 12.8 Å². The molecule has 8 nitrogen and oxygen atoms in total. The molecule has 2 amide bonds. The third-order valence-electron chi connectivity index (χ3n) is 5.81. The fourth-order valence-electron chi connectivity index (χ4n) is 4.14. The summed E-state index contributed by atoms with van der Waals surface area (Å²) in [7, 11) is 4.58. The molecule has 0 bridgehead atoms. The van der Waals surface area contributed by atoms with E-state index in [1.54, 1.807) is 17.0 Å². The van der Waals surface area contributed by atoms with E-state index in [0.717, 1.165) is 23.7 Å². The number of methoxy groups -OCH3 is 3. The number of benzene rings is 2. The zero-order valence-corrected chi connectivity index (χ0v) is 18.4. The first kappa shape index (κ1) is 21.5. The van der Waals surface area contributed by atoms with E-state index in [4.69, 9.17) is 14.2 Å². The largest absolute Gasteiger partial charge is 0.493 e. The second-order valence-electron chi connectivity index (χ2n) is 7.77. The lowest BCUT2D eigenvalue weighted by Gasteiger charge is -2.32. The van der Waals surface area contributed by atoms with Gasteiger partial charge in [0.05, 0.1) is 27.2 Å². The molecule has 1 aromatic heterocycles. The highest BCUT2D eigenvalue weighted by atomic mass is 16.5. The molecule has 1 aliphatic heterocycles. The van der Waals surface area contributed by atoms with Crippen LogP contribution >= 0.6 is 0 Å². The number of piperidine rings is 1. The number of aromatic amines is 1. The lowest BCUT2D eigenvalue weighted by Crippen LogP contribution is -2.43. The van der Waals surface area contributed by atoms with Crippen molar-refractivity contribution in [1.82, 2.24) is 9.88 Å². The number of likely N-dealkylation sites (tertiary alicyclic amines) is 1. The zero-order chi connectivity index (χ0) is 22.7. The fourth-order valence-corrected chi connectivity index (χ4v) is 4.14. The minimum absolute atomic E-state index is 0.0571. The Kier molecular flexibility index (Phi) is 6.20. The molecule has 1 atom stereocenters. The number of carbonyl (C=O) groups excluding carboxylic acids is 2. The predicted molar refractivity (Wildman–Crippen MR) is 122 cm³/mol. The number of anilines is 1. The Morgan fingerprint density at radius 1 is 1.03 bits per heavy atom. The monoisotopic (exact) mass is 437 g/mol. The number of rotatable bonds is 6. The van der Waals surface area contributed by atoms with Crippen LogP contribution in [0.3, 0.4) is 0 Å². The highest BCUT2D eigenvalue weighted by Crippen LogP contribution is 2.40. The van der Waals surface area contributed by atoms with Crippen molar-refractivity contribution >= 4 is 28.4 Å². The maximum absolute atomic E-state index is 13.1. The van der Waals surface area contributed by atoms with E-state index >= 15 is 0 Å². The van der Waals surface area contributed by atoms with Gasteiger partial charge in [-0.1, -0.05) is 0 Å². The van der Waals surface area contributed by atoms with Crippen LogP contribution in [0.1, 0.15) is 23.2 Å². The standard InChI is InChI=1S/C24H27N3O5/c1-30-20-12-18(13-21(31-2)22(20)32-3)26-23(28)17-5-4-10-27(14-17)24(29)16-6-7-19-15(11-16)8-9-25-19/h6-9,11-13,17,25H,4-5,10,14H2,1-3H3,(H,26,28)/t17-/m1/s1. The number of ether oxygens (including phenoxy) is 3. The van der Waals surface area contributed by atoms with Crippen LogP contribution in [-0.2, 0) is 4.79 Å². The summed E-state index contributed by atoms with van der Waals surface area (Å²) in [6.07, 6.45) is 3.34. The molecule has 168 valence electrons. The van der Waals surface area contributed by atoms with Crippen molar-refractivity contribution in [3.8, 4) is 17.2 Å². The molecule has 0 saturated carbocycles. The average molecular weight is 437 g/mol. The third kappa shape index (κ3) is 4.21. The summed E-state index contributed by atoms with van der Waals surface area (Å²) in [4.78, 5) is 31.0. The Morgan fingerprint density at radius 2 is 1.78 bits per heavy atom. The molecule has 0 aliphatic carbocycles. The van der Waals surface area contributed by atoms with Crippen molar-refractivity contribution < 1.29 is 23.8 Å². The van der Waals surface area contributed by atoms with Gasteiger partial charge >= 0.3 is 0 Å². The van der Waals surface area contributed by atoms with Crippen LogP contribution in [0, 0.1) is 5.92 Å². The molecule has 32 heavy (non-hydrogen) atoms. The van der Waals surface area contributed by atoms with Crippen LogP contribution in [0.25, 0.3) is 10.9 Å². The molecule has 3 aromatic rings. The maximum Gasteiger partial charge on any atom is 0.253 e. The molecule has 2 heterocycles. The Labute approximate surface area is 186 Å². The minimum atomic E-state index is -0.303. The summed E-state index contributed by atoms with van der Waals surface area (Å²) in [5.41, 5.74) is 2.16. The molecule has 2 aromatic carbocycles. The van der Waals surface area contributed by atoms with Gasteiger partial charge in [0.1, 0.15) is 0 Å². The van der Waals surface area contributed by atoms with Crippen molar-refractivity contribution in [3.63, 3.8) is 0 Å². The van der Waals surface area contributed by atoms with Crippen LogP contribution in [-0.4, -0.2) is 56.1 Å². The van der Waals surface area contributed by atoms with Gasteiger partial charge < -0.3 is 29.4 Å². The van der Waals surface area contributed by atoms with Gasteiger partial charge in [-0.25, -0.2) is 0 Å². The molecule has 1 aliphatic rings. The van der Waals surface area contributed by atoms with E-state index in [1.165, 1.54) is 21.3 Å². The minimum Gasteiger partial charge on any atom is -0.493 e. The van der Waals surface area contributed by atoms with E-state index in [0.29, 0.717) is 41.6 Å². The topological polar surface area (TPSA) is 92.9 Å². The number of nitrogens with one attached hydrogen (secondary N) is 2. The van der Waals surface area contributed by atoms with E-state index < -0.39 is 0 Å². The number of carbonyl (C=O) groups is 2. The van der Waals surface area contributed by atoms with Crippen molar-refractivity contribution in [1.29, 1.82) is 0 Å². The van der Waals surface area contributed by atoms with Gasteiger partial charge in [0.15, 0.2) is 11.5 Å². The van der Waals surface area contributed by atoms with Gasteiger partial charge in [0.2, 0.25) is 11.7 Å². The molecular weight excluding hydrogens is 410 g/mol. The highest BCUT2D eigenvalue weighted by Gasteiger charge is 2.29. The van der Waals surface area contributed by atoms with E-state index in [1.807, 2.05) is 30.5 Å². The lowest BCUT2D eigenvalue weighted by molar-refractivity contribution is -0.121. The summed E-state index contributed by atoms with van der Waals surface area (Å²) < 4.78 is 16.0. The quantitative estimate of drug-likeness (QED) is 0.614. The SMILES string of the molecule is COc1cc(NC(=O)[C@@H]2CCCN(C(=O)c3ccc4[nH]ccc4c3)C2)cc(OC)c1OC. The lowest BCUT2D eigenvalue weighted by atomic mass is 9.96. The zero-order valence-electron chi connectivity index (χ0n) is 18.4. The average Bonchev–Trinajstić information content (AvgIpc) is 3.30. The van der Waals surface area contributed by atoms with Crippen LogP contribution in [0.2, 0.25) is 0 Å². The summed E-state index contributed by atoms with van der Waals surface area (Å²) in [5, 5.41) is 3.93. The van der Waals surface area contributed by atoms with Crippen molar-refractivity contribution in [2.75, 3.05) is 39.7 Å². The van der Waals surface area contributed by atoms with Gasteiger partial charge in [0, 0.05) is 53.6 Å².